The van der Waals surface area contributed by atoms with Crippen molar-refractivity contribution >= 4 is 39.5 Å². The van der Waals surface area contributed by atoms with Crippen molar-refractivity contribution in [1.29, 1.82) is 0 Å². The second-order valence-corrected chi connectivity index (χ2v) is 28.4. The largest absolute Gasteiger partial charge is 0.472 e. The van der Waals surface area contributed by atoms with E-state index in [-0.39, 0.29) is 25.7 Å². The van der Waals surface area contributed by atoms with Crippen molar-refractivity contribution in [2.45, 2.75) is 341 Å². The number of hydrogen-bond acceptors (Lipinski definition) is 15. The van der Waals surface area contributed by atoms with E-state index < -0.39 is 97.5 Å². The molecule has 19 heteroatoms. The Morgan fingerprint density at radius 3 is 0.837 bits per heavy atom. The number of ether oxygens (including phenoxy) is 4. The Hall–Kier alpha value is -4.02. The number of aliphatic hydroxyl groups excluding tert-OH is 1. The summed E-state index contributed by atoms with van der Waals surface area (Å²) >= 11 is 0. The molecule has 566 valence electrons. The molecule has 0 rings (SSSR count). The van der Waals surface area contributed by atoms with Crippen LogP contribution in [0.2, 0.25) is 0 Å². The third-order valence-electron chi connectivity index (χ3n) is 16.0. The molecule has 0 bridgehead atoms. The Labute approximate surface area is 595 Å². The van der Waals surface area contributed by atoms with E-state index in [0.717, 1.165) is 167 Å². The first kappa shape index (κ1) is 94.0. The molecule has 0 saturated heterocycles. The fourth-order valence-corrected chi connectivity index (χ4v) is 11.8. The number of aliphatic hydroxyl groups is 1. The molecule has 0 radical (unpaired) electrons. The van der Waals surface area contributed by atoms with Crippen molar-refractivity contribution in [3.8, 4) is 0 Å². The SMILES string of the molecule is CC/C=C\C/C=C\C/C=C\C/C=C\CCCCCCC(=O)OCC(COP(=O)(O)OCC(O)COP(=O)(O)OCC(COC(=O)CCCCCCC/C=C\C/C=C\C/C=C\CC)OC(=O)CCCCCCC/C=C\CCCCCC)OC(=O)CCCCCCCCCCCCCCC. The molecular weight excluding hydrogens is 1280 g/mol. The third kappa shape index (κ3) is 70.4. The summed E-state index contributed by atoms with van der Waals surface area (Å²) in [6.45, 7) is 4.60. The minimum absolute atomic E-state index is 0.0812. The first-order valence-corrected chi connectivity index (χ1v) is 41.5. The van der Waals surface area contributed by atoms with Crippen molar-refractivity contribution in [3.63, 3.8) is 0 Å². The van der Waals surface area contributed by atoms with Crippen molar-refractivity contribution in [1.82, 2.24) is 0 Å². The van der Waals surface area contributed by atoms with Crippen LogP contribution in [-0.2, 0) is 65.4 Å². The van der Waals surface area contributed by atoms with Crippen LogP contribution in [0.1, 0.15) is 323 Å². The topological polar surface area (TPSA) is 237 Å². The van der Waals surface area contributed by atoms with Crippen LogP contribution < -0.4 is 0 Å². The fraction of sp³-hybridized carbons (Fsp3) is 0.747. The van der Waals surface area contributed by atoms with Crippen LogP contribution in [0.15, 0.2) is 97.2 Å². The number of allylic oxidation sites excluding steroid dienone is 16. The van der Waals surface area contributed by atoms with Crippen LogP contribution in [-0.4, -0.2) is 96.7 Å². The van der Waals surface area contributed by atoms with Gasteiger partial charge in [0.1, 0.15) is 19.3 Å². The quantitative estimate of drug-likeness (QED) is 0.0169. The predicted octanol–water partition coefficient (Wildman–Crippen LogP) is 22.0. The molecule has 0 amide bonds. The summed E-state index contributed by atoms with van der Waals surface area (Å²) in [5.74, 6) is -2.21. The minimum atomic E-state index is -4.98. The van der Waals surface area contributed by atoms with Crippen LogP contribution >= 0.6 is 15.6 Å². The highest BCUT2D eigenvalue weighted by atomic mass is 31.2. The van der Waals surface area contributed by atoms with E-state index in [9.17, 15) is 43.2 Å². The number of carbonyl (C=O) groups excluding carboxylic acids is 4. The first-order chi connectivity index (χ1) is 47.7. The van der Waals surface area contributed by atoms with Crippen molar-refractivity contribution in [3.05, 3.63) is 97.2 Å². The second kappa shape index (κ2) is 71.4. The van der Waals surface area contributed by atoms with Crippen molar-refractivity contribution < 1.29 is 80.2 Å². The summed E-state index contributed by atoms with van der Waals surface area (Å²) in [6, 6.07) is 0. The summed E-state index contributed by atoms with van der Waals surface area (Å²) in [6.07, 6.45) is 73.9. The van der Waals surface area contributed by atoms with Gasteiger partial charge in [-0.05, 0) is 122 Å². The van der Waals surface area contributed by atoms with E-state index in [1.807, 2.05) is 0 Å². The number of unbranched alkanes of at least 4 members (excludes halogenated alkanes) is 30. The van der Waals surface area contributed by atoms with Gasteiger partial charge < -0.3 is 33.8 Å². The van der Waals surface area contributed by atoms with Crippen LogP contribution in [0.3, 0.4) is 0 Å². The molecule has 0 aliphatic carbocycles. The zero-order chi connectivity index (χ0) is 71.8. The lowest BCUT2D eigenvalue weighted by Gasteiger charge is -2.21. The lowest BCUT2D eigenvalue weighted by Crippen LogP contribution is -2.30. The van der Waals surface area contributed by atoms with Gasteiger partial charge in [-0.3, -0.25) is 37.3 Å². The summed E-state index contributed by atoms with van der Waals surface area (Å²) < 4.78 is 68.5. The van der Waals surface area contributed by atoms with Crippen LogP contribution in [0.5, 0.6) is 0 Å². The van der Waals surface area contributed by atoms with E-state index >= 15 is 0 Å². The number of esters is 4. The lowest BCUT2D eigenvalue weighted by atomic mass is 10.0. The Morgan fingerprint density at radius 1 is 0.296 bits per heavy atom. The van der Waals surface area contributed by atoms with Gasteiger partial charge in [0.05, 0.1) is 26.4 Å². The van der Waals surface area contributed by atoms with Crippen molar-refractivity contribution in [2.24, 2.45) is 0 Å². The standard InChI is InChI=1S/C79H138O17P2/c1-5-9-13-17-21-25-29-33-35-36-38-42-44-48-52-56-60-64-77(82)90-70-75(96-79(84)66-62-58-54-50-46-40-32-28-24-20-16-12-8-4)72-94-98(87,88)92-68-73(80)67-91-97(85,86)93-71-74(95-78(83)65-61-57-53-49-45-39-31-27-23-19-15-11-7-3)69-89-76(81)63-59-55-51-47-43-41-37-34-30-26-22-18-14-10-6-2/h9-10,13-14,21-22,25-27,31,33-35,37-38,42,73-75,80H,5-8,11-12,15-20,23-24,28-30,32,36,39-41,43-72H2,1-4H3,(H,85,86)(H,87,88)/b13-9-,14-10-,25-21-,26-22-,31-27-,35-33-,37-34-,42-38-. The molecule has 0 aromatic rings. The molecule has 0 spiro atoms. The summed E-state index contributed by atoms with van der Waals surface area (Å²) in [7, 11) is -9.95. The highest BCUT2D eigenvalue weighted by molar-refractivity contribution is 7.47. The van der Waals surface area contributed by atoms with Gasteiger partial charge in [0.15, 0.2) is 12.2 Å². The molecular formula is C79H138O17P2. The maximum atomic E-state index is 13.1. The summed E-state index contributed by atoms with van der Waals surface area (Å²) in [5, 5.41) is 10.6. The number of phosphoric ester groups is 2. The fourth-order valence-electron chi connectivity index (χ4n) is 10.2. The smallest absolute Gasteiger partial charge is 0.462 e. The zero-order valence-corrected chi connectivity index (χ0v) is 63.5. The molecule has 17 nitrogen and oxygen atoms in total. The molecule has 0 aliphatic heterocycles. The molecule has 0 aromatic heterocycles. The van der Waals surface area contributed by atoms with Gasteiger partial charge in [0.2, 0.25) is 0 Å². The zero-order valence-electron chi connectivity index (χ0n) is 61.7. The van der Waals surface area contributed by atoms with Gasteiger partial charge in [0.25, 0.3) is 0 Å². The molecule has 5 atom stereocenters. The molecule has 0 aromatic carbocycles. The van der Waals surface area contributed by atoms with Crippen LogP contribution in [0.25, 0.3) is 0 Å². The lowest BCUT2D eigenvalue weighted by molar-refractivity contribution is -0.161. The number of carbonyl (C=O) groups is 4. The Kier molecular flexibility index (Phi) is 68.4. The van der Waals surface area contributed by atoms with Gasteiger partial charge >= 0.3 is 39.5 Å². The Balaban J connectivity index is 5.36. The average molecular weight is 1420 g/mol. The number of hydrogen-bond donors (Lipinski definition) is 3. The van der Waals surface area contributed by atoms with Gasteiger partial charge in [-0.15, -0.1) is 0 Å². The summed E-state index contributed by atoms with van der Waals surface area (Å²) in [4.78, 5) is 72.8. The monoisotopic (exact) mass is 1420 g/mol. The molecule has 0 saturated carbocycles. The molecule has 98 heavy (non-hydrogen) atoms. The highest BCUT2D eigenvalue weighted by Crippen LogP contribution is 2.45. The van der Waals surface area contributed by atoms with Gasteiger partial charge in [-0.2, -0.15) is 0 Å². The Morgan fingerprint density at radius 2 is 0.531 bits per heavy atom. The number of rotatable bonds is 72. The molecule has 0 fully saturated rings. The summed E-state index contributed by atoms with van der Waals surface area (Å²) in [5.41, 5.74) is 0. The van der Waals surface area contributed by atoms with Gasteiger partial charge in [-0.1, -0.05) is 273 Å². The molecule has 0 aliphatic rings. The van der Waals surface area contributed by atoms with Gasteiger partial charge in [0, 0.05) is 25.7 Å². The van der Waals surface area contributed by atoms with Crippen molar-refractivity contribution in [2.75, 3.05) is 39.6 Å². The van der Waals surface area contributed by atoms with E-state index in [1.54, 1.807) is 0 Å². The number of phosphoric acid groups is 2. The average Bonchev–Trinajstić information content (AvgIpc) is 0.969. The van der Waals surface area contributed by atoms with E-state index in [1.165, 1.54) is 77.0 Å². The van der Waals surface area contributed by atoms with Crippen LogP contribution in [0, 0.1) is 0 Å². The van der Waals surface area contributed by atoms with Crippen LogP contribution in [0.4, 0.5) is 0 Å². The normalized spacial score (nSPS) is 14.5. The Bertz CT molecular complexity index is 2240. The van der Waals surface area contributed by atoms with E-state index in [2.05, 4.69) is 125 Å². The predicted molar refractivity (Wildman–Crippen MR) is 399 cm³/mol. The van der Waals surface area contributed by atoms with Gasteiger partial charge in [-0.25, -0.2) is 9.13 Å². The second-order valence-electron chi connectivity index (χ2n) is 25.5. The van der Waals surface area contributed by atoms with E-state index in [0.29, 0.717) is 25.7 Å². The first-order valence-electron chi connectivity index (χ1n) is 38.5. The molecule has 0 heterocycles. The third-order valence-corrected chi connectivity index (χ3v) is 17.9. The molecule has 3 N–H and O–H groups in total. The maximum absolute atomic E-state index is 13.1. The van der Waals surface area contributed by atoms with E-state index in [4.69, 9.17) is 37.0 Å². The highest BCUT2D eigenvalue weighted by Gasteiger charge is 2.30. The minimum Gasteiger partial charge on any atom is -0.462 e. The maximum Gasteiger partial charge on any atom is 0.472 e. The molecule has 5 unspecified atom stereocenters.